The number of benzene rings is 2. The smallest absolute Gasteiger partial charge is 0.275 e. The molecule has 0 radical (unpaired) electrons. The van der Waals surface area contributed by atoms with Gasteiger partial charge in [0.25, 0.3) is 5.91 Å². The van der Waals surface area contributed by atoms with Crippen LogP contribution in [0.3, 0.4) is 0 Å². The van der Waals surface area contributed by atoms with Crippen molar-refractivity contribution in [2.75, 3.05) is 13.7 Å². The van der Waals surface area contributed by atoms with Gasteiger partial charge in [-0.15, -0.1) is 0 Å². The van der Waals surface area contributed by atoms with Crippen molar-refractivity contribution in [3.05, 3.63) is 76.9 Å². The fourth-order valence-corrected chi connectivity index (χ4v) is 4.72. The quantitative estimate of drug-likeness (QED) is 0.643. The van der Waals surface area contributed by atoms with E-state index < -0.39 is 0 Å². The Morgan fingerprint density at radius 3 is 2.57 bits per heavy atom. The van der Waals surface area contributed by atoms with Crippen LogP contribution in [0.25, 0.3) is 5.69 Å². The van der Waals surface area contributed by atoms with Crippen molar-refractivity contribution in [3.8, 4) is 11.4 Å². The summed E-state index contributed by atoms with van der Waals surface area (Å²) >= 11 is 0. The number of methoxy groups -OCH3 is 1. The zero-order chi connectivity index (χ0) is 20.7. The van der Waals surface area contributed by atoms with E-state index in [1.807, 2.05) is 33.8 Å². The number of hydrogen-bond acceptors (Lipinski definition) is 3. The third-order valence-electron chi connectivity index (χ3n) is 6.22. The number of halogens is 1. The van der Waals surface area contributed by atoms with E-state index in [2.05, 4.69) is 0 Å². The number of ether oxygens (including phenoxy) is 1. The van der Waals surface area contributed by atoms with Gasteiger partial charge in [-0.25, -0.2) is 9.07 Å². The molecule has 0 N–H and O–H groups in total. The van der Waals surface area contributed by atoms with Crippen LogP contribution in [-0.4, -0.2) is 34.2 Å². The number of amides is 1. The predicted octanol–water partition coefficient (Wildman–Crippen LogP) is 4.49. The Hall–Kier alpha value is -3.15. The Morgan fingerprint density at radius 1 is 1.07 bits per heavy atom. The zero-order valence-electron chi connectivity index (χ0n) is 17.0. The lowest BCUT2D eigenvalue weighted by atomic mass is 10.0. The highest BCUT2D eigenvalue weighted by atomic mass is 19.1. The van der Waals surface area contributed by atoms with Crippen molar-refractivity contribution in [2.24, 2.45) is 0 Å². The fourth-order valence-electron chi connectivity index (χ4n) is 4.72. The molecule has 0 saturated carbocycles. The minimum atomic E-state index is -0.279. The molecule has 1 aliphatic carbocycles. The highest BCUT2D eigenvalue weighted by Gasteiger charge is 2.35. The van der Waals surface area contributed by atoms with Crippen LogP contribution in [-0.2, 0) is 12.8 Å². The summed E-state index contributed by atoms with van der Waals surface area (Å²) < 4.78 is 20.5. The molecule has 1 amide bonds. The average Bonchev–Trinajstić information content (AvgIpc) is 3.51. The summed E-state index contributed by atoms with van der Waals surface area (Å²) in [5.41, 5.74) is 4.58. The largest absolute Gasteiger partial charge is 0.497 e. The van der Waals surface area contributed by atoms with Crippen LogP contribution in [0.2, 0.25) is 0 Å². The molecule has 2 heterocycles. The Kier molecular flexibility index (Phi) is 4.77. The number of carbonyl (C=O) groups is 1. The summed E-state index contributed by atoms with van der Waals surface area (Å²) in [5.74, 6) is 0.524. The fraction of sp³-hybridized carbons (Fsp3) is 0.333. The molecule has 30 heavy (non-hydrogen) atoms. The van der Waals surface area contributed by atoms with E-state index in [0.717, 1.165) is 66.9 Å². The number of carbonyl (C=O) groups excluding carboxylic acids is 1. The number of fused-ring (bicyclic) bond motifs is 1. The van der Waals surface area contributed by atoms with Gasteiger partial charge in [0.05, 0.1) is 18.8 Å². The molecule has 2 aromatic carbocycles. The van der Waals surface area contributed by atoms with Crippen LogP contribution in [0, 0.1) is 5.82 Å². The minimum Gasteiger partial charge on any atom is -0.497 e. The summed E-state index contributed by atoms with van der Waals surface area (Å²) in [4.78, 5) is 15.5. The molecule has 1 aliphatic heterocycles. The first kappa shape index (κ1) is 18.9. The Balaban J connectivity index is 1.48. The molecule has 6 heteroatoms. The van der Waals surface area contributed by atoms with Crippen molar-refractivity contribution in [1.82, 2.24) is 14.7 Å². The van der Waals surface area contributed by atoms with Crippen LogP contribution in [0.5, 0.6) is 5.75 Å². The standard InChI is InChI=1S/C24H24FN3O2/c1-30-19-13-7-16(8-14-19)21-6-3-15-27(21)24(29)23-20-4-2-5-22(20)28(26-23)18-11-9-17(25)10-12-18/h7-14,21H,2-6,15H2,1H3. The van der Waals surface area contributed by atoms with Crippen LogP contribution in [0.15, 0.2) is 48.5 Å². The molecule has 154 valence electrons. The number of hydrogen-bond donors (Lipinski definition) is 0. The van der Waals surface area contributed by atoms with Crippen molar-refractivity contribution in [2.45, 2.75) is 38.1 Å². The van der Waals surface area contributed by atoms with Gasteiger partial charge in [-0.1, -0.05) is 12.1 Å². The highest BCUT2D eigenvalue weighted by molar-refractivity contribution is 5.94. The van der Waals surface area contributed by atoms with E-state index in [1.165, 1.54) is 12.1 Å². The topological polar surface area (TPSA) is 47.4 Å². The molecule has 1 fully saturated rings. The minimum absolute atomic E-state index is 0.00710. The second-order valence-electron chi connectivity index (χ2n) is 7.95. The number of rotatable bonds is 4. The van der Waals surface area contributed by atoms with Crippen molar-refractivity contribution < 1.29 is 13.9 Å². The Bertz CT molecular complexity index is 1070. The Morgan fingerprint density at radius 2 is 1.83 bits per heavy atom. The third kappa shape index (κ3) is 3.16. The monoisotopic (exact) mass is 405 g/mol. The second-order valence-corrected chi connectivity index (χ2v) is 7.95. The van der Waals surface area contributed by atoms with E-state index >= 15 is 0 Å². The van der Waals surface area contributed by atoms with E-state index in [9.17, 15) is 9.18 Å². The van der Waals surface area contributed by atoms with Gasteiger partial charge >= 0.3 is 0 Å². The second kappa shape index (κ2) is 7.59. The van der Waals surface area contributed by atoms with E-state index in [0.29, 0.717) is 5.69 Å². The van der Waals surface area contributed by atoms with Gasteiger partial charge in [0.2, 0.25) is 0 Å². The highest BCUT2D eigenvalue weighted by Crippen LogP contribution is 2.36. The van der Waals surface area contributed by atoms with Crippen LogP contribution < -0.4 is 4.74 Å². The normalized spacial score (nSPS) is 17.9. The predicted molar refractivity (Wildman–Crippen MR) is 112 cm³/mol. The van der Waals surface area contributed by atoms with Gasteiger partial charge < -0.3 is 9.64 Å². The summed E-state index contributed by atoms with van der Waals surface area (Å²) in [6.07, 6.45) is 4.67. The molecular formula is C24H24FN3O2. The maximum absolute atomic E-state index is 13.6. The maximum Gasteiger partial charge on any atom is 0.275 e. The van der Waals surface area contributed by atoms with Gasteiger partial charge in [-0.2, -0.15) is 5.10 Å². The number of nitrogens with zero attached hydrogens (tertiary/aromatic N) is 3. The van der Waals surface area contributed by atoms with Gasteiger partial charge in [-0.3, -0.25) is 4.79 Å². The number of likely N-dealkylation sites (tertiary alicyclic amines) is 1. The Labute approximate surface area is 175 Å². The van der Waals surface area contributed by atoms with Crippen molar-refractivity contribution in [1.29, 1.82) is 0 Å². The molecule has 1 unspecified atom stereocenters. The molecule has 5 rings (SSSR count). The van der Waals surface area contributed by atoms with Gasteiger partial charge in [0, 0.05) is 17.8 Å². The zero-order valence-corrected chi connectivity index (χ0v) is 17.0. The van der Waals surface area contributed by atoms with Gasteiger partial charge in [0.15, 0.2) is 5.69 Å². The molecule has 1 aromatic heterocycles. The first-order valence-electron chi connectivity index (χ1n) is 10.5. The van der Waals surface area contributed by atoms with Crippen LogP contribution in [0.4, 0.5) is 4.39 Å². The molecule has 0 spiro atoms. The number of aromatic nitrogens is 2. The lowest BCUT2D eigenvalue weighted by Gasteiger charge is -2.25. The molecular weight excluding hydrogens is 381 g/mol. The van der Waals surface area contributed by atoms with E-state index in [1.54, 1.807) is 19.2 Å². The van der Waals surface area contributed by atoms with Crippen LogP contribution in [0.1, 0.15) is 52.6 Å². The van der Waals surface area contributed by atoms with Crippen molar-refractivity contribution >= 4 is 5.91 Å². The summed E-state index contributed by atoms with van der Waals surface area (Å²) in [7, 11) is 1.65. The average molecular weight is 405 g/mol. The van der Waals surface area contributed by atoms with Crippen LogP contribution >= 0.6 is 0 Å². The first-order valence-corrected chi connectivity index (χ1v) is 10.5. The summed E-state index contributed by atoms with van der Waals surface area (Å²) in [6.45, 7) is 0.730. The lowest BCUT2D eigenvalue weighted by molar-refractivity contribution is 0.0728. The molecule has 2 aliphatic rings. The molecule has 1 saturated heterocycles. The summed E-state index contributed by atoms with van der Waals surface area (Å²) in [5, 5.41) is 4.71. The first-order chi connectivity index (χ1) is 14.7. The SMILES string of the molecule is COc1ccc(C2CCCN2C(=O)c2nn(-c3ccc(F)cc3)c3c2CCC3)cc1. The molecule has 5 nitrogen and oxygen atoms in total. The molecule has 0 bridgehead atoms. The van der Waals surface area contributed by atoms with E-state index in [4.69, 9.17) is 9.84 Å². The van der Waals surface area contributed by atoms with Gasteiger partial charge in [0.1, 0.15) is 11.6 Å². The third-order valence-corrected chi connectivity index (χ3v) is 6.22. The lowest BCUT2D eigenvalue weighted by Crippen LogP contribution is -2.31. The van der Waals surface area contributed by atoms with Crippen molar-refractivity contribution in [3.63, 3.8) is 0 Å². The summed E-state index contributed by atoms with van der Waals surface area (Å²) in [6, 6.07) is 14.3. The molecule has 3 aromatic rings. The van der Waals surface area contributed by atoms with Gasteiger partial charge in [-0.05, 0) is 74.1 Å². The molecule has 1 atom stereocenters. The maximum atomic E-state index is 13.6. The van der Waals surface area contributed by atoms with E-state index in [-0.39, 0.29) is 17.8 Å².